The summed E-state index contributed by atoms with van der Waals surface area (Å²) in [6.45, 7) is 3.92. The summed E-state index contributed by atoms with van der Waals surface area (Å²) >= 11 is 0. The zero-order valence-corrected chi connectivity index (χ0v) is 7.90. The lowest BCUT2D eigenvalue weighted by molar-refractivity contribution is -0.191. The monoisotopic (exact) mass is 191 g/mol. The molecule has 1 rings (SSSR count). The van der Waals surface area contributed by atoms with Gasteiger partial charge in [-0.25, -0.2) is 4.79 Å². The van der Waals surface area contributed by atoms with Crippen LogP contribution in [0.25, 0.3) is 0 Å². The maximum Gasteiger partial charge on any atom is 0.373 e. The number of hydrogen-bond donors (Lipinski definition) is 0. The standard InChI is InChI=1S/C9H9NO.CO2/c1-7-4-3-5-9(8(7)2)10-6-11;2-1-3/h3-5H,1-2H3;. The number of carbonyl (C=O) groups excluding carboxylic acids is 3. The third-order valence-electron chi connectivity index (χ3n) is 1.74. The number of benzene rings is 1. The number of rotatable bonds is 1. The van der Waals surface area contributed by atoms with E-state index in [9.17, 15) is 4.79 Å². The molecule has 0 heterocycles. The number of hydrogen-bond acceptors (Lipinski definition) is 4. The van der Waals surface area contributed by atoms with E-state index >= 15 is 0 Å². The van der Waals surface area contributed by atoms with Gasteiger partial charge in [0.25, 0.3) is 0 Å². The van der Waals surface area contributed by atoms with Crippen LogP contribution in [-0.4, -0.2) is 12.2 Å². The van der Waals surface area contributed by atoms with E-state index < -0.39 is 0 Å². The maximum atomic E-state index is 9.95. The van der Waals surface area contributed by atoms with Crippen molar-refractivity contribution in [2.75, 3.05) is 0 Å². The van der Waals surface area contributed by atoms with Crippen molar-refractivity contribution in [3.05, 3.63) is 29.3 Å². The topological polar surface area (TPSA) is 63.6 Å². The summed E-state index contributed by atoms with van der Waals surface area (Å²) < 4.78 is 0. The van der Waals surface area contributed by atoms with Gasteiger partial charge in [0.1, 0.15) is 0 Å². The van der Waals surface area contributed by atoms with Crippen molar-refractivity contribution < 1.29 is 14.4 Å². The van der Waals surface area contributed by atoms with Gasteiger partial charge in [0, 0.05) is 0 Å². The summed E-state index contributed by atoms with van der Waals surface area (Å²) in [6, 6.07) is 5.66. The molecule has 14 heavy (non-hydrogen) atoms. The predicted molar refractivity (Wildman–Crippen MR) is 48.7 cm³/mol. The fourth-order valence-electron chi connectivity index (χ4n) is 0.906. The summed E-state index contributed by atoms with van der Waals surface area (Å²) in [6.07, 6.45) is 1.78. The van der Waals surface area contributed by atoms with Crippen LogP contribution >= 0.6 is 0 Å². The molecule has 0 N–H and O–H groups in total. The first-order valence-corrected chi connectivity index (χ1v) is 3.80. The first kappa shape index (κ1) is 12.0. The Bertz CT molecular complexity index is 386. The van der Waals surface area contributed by atoms with Crippen molar-refractivity contribution in [1.29, 1.82) is 0 Å². The lowest BCUT2D eigenvalue weighted by atomic mass is 10.1. The first-order valence-electron chi connectivity index (χ1n) is 3.80. The summed E-state index contributed by atoms with van der Waals surface area (Å²) in [5.74, 6) is 0. The lowest BCUT2D eigenvalue weighted by Crippen LogP contribution is -1.79. The Hall–Kier alpha value is -2.02. The molecule has 0 aromatic heterocycles. The Balaban J connectivity index is 0.000000500. The number of nitrogens with zero attached hydrogens (tertiary/aromatic N) is 1. The molecule has 0 radical (unpaired) electrons. The lowest BCUT2D eigenvalue weighted by Gasteiger charge is -1.99. The van der Waals surface area contributed by atoms with E-state index in [1.54, 1.807) is 6.07 Å². The van der Waals surface area contributed by atoms with E-state index in [1.807, 2.05) is 26.0 Å². The number of isocyanates is 1. The highest BCUT2D eigenvalue weighted by molar-refractivity contribution is 5.55. The molecule has 0 amide bonds. The van der Waals surface area contributed by atoms with Crippen LogP contribution in [-0.2, 0) is 14.4 Å². The van der Waals surface area contributed by atoms with Gasteiger partial charge in [-0.2, -0.15) is 14.6 Å². The van der Waals surface area contributed by atoms with Gasteiger partial charge in [-0.05, 0) is 31.0 Å². The summed E-state index contributed by atoms with van der Waals surface area (Å²) in [5.41, 5.74) is 2.89. The van der Waals surface area contributed by atoms with Crippen LogP contribution in [0.3, 0.4) is 0 Å². The van der Waals surface area contributed by atoms with E-state index in [1.165, 1.54) is 6.08 Å². The van der Waals surface area contributed by atoms with E-state index in [0.717, 1.165) is 11.1 Å². The molecule has 0 aliphatic heterocycles. The number of aliphatic imine (C=N–C) groups is 1. The van der Waals surface area contributed by atoms with Crippen LogP contribution in [0, 0.1) is 13.8 Å². The minimum atomic E-state index is 0.250. The summed E-state index contributed by atoms with van der Waals surface area (Å²) in [7, 11) is 0. The zero-order chi connectivity index (χ0) is 11.0. The van der Waals surface area contributed by atoms with Crippen LogP contribution in [0.15, 0.2) is 23.2 Å². The normalized spacial score (nSPS) is 7.57. The van der Waals surface area contributed by atoms with E-state index in [2.05, 4.69) is 4.99 Å². The quantitative estimate of drug-likeness (QED) is 0.501. The van der Waals surface area contributed by atoms with Crippen molar-refractivity contribution in [3.8, 4) is 0 Å². The molecule has 0 atom stereocenters. The molecule has 0 aliphatic carbocycles. The Morgan fingerprint density at radius 3 is 2.21 bits per heavy atom. The highest BCUT2D eigenvalue weighted by Crippen LogP contribution is 2.19. The Labute approximate surface area is 81.3 Å². The van der Waals surface area contributed by atoms with Crippen molar-refractivity contribution in [3.63, 3.8) is 0 Å². The number of aryl methyl sites for hydroxylation is 1. The highest BCUT2D eigenvalue weighted by Gasteiger charge is 1.96. The molecule has 0 saturated carbocycles. The first-order chi connectivity index (χ1) is 6.67. The van der Waals surface area contributed by atoms with Crippen LogP contribution in [0.2, 0.25) is 0 Å². The zero-order valence-electron chi connectivity index (χ0n) is 7.90. The highest BCUT2D eigenvalue weighted by atomic mass is 16.2. The van der Waals surface area contributed by atoms with Crippen molar-refractivity contribution in [1.82, 2.24) is 0 Å². The Morgan fingerprint density at radius 1 is 1.14 bits per heavy atom. The molecule has 0 spiro atoms. The third-order valence-corrected chi connectivity index (χ3v) is 1.74. The second-order valence-electron chi connectivity index (χ2n) is 2.51. The molecule has 4 heteroatoms. The summed E-state index contributed by atoms with van der Waals surface area (Å²) in [5, 5.41) is 0. The molecule has 0 saturated heterocycles. The average Bonchev–Trinajstić information content (AvgIpc) is 2.15. The summed E-state index contributed by atoms with van der Waals surface area (Å²) in [4.78, 5) is 29.8. The van der Waals surface area contributed by atoms with Gasteiger partial charge in [0.2, 0.25) is 6.08 Å². The second-order valence-corrected chi connectivity index (χ2v) is 2.51. The van der Waals surface area contributed by atoms with Crippen LogP contribution in [0.4, 0.5) is 5.69 Å². The van der Waals surface area contributed by atoms with Crippen LogP contribution in [0.5, 0.6) is 0 Å². The van der Waals surface area contributed by atoms with Gasteiger partial charge in [-0.15, -0.1) is 0 Å². The smallest absolute Gasteiger partial charge is 0.211 e. The Kier molecular flexibility index (Phi) is 5.55. The molecule has 1 aromatic rings. The Morgan fingerprint density at radius 2 is 1.71 bits per heavy atom. The van der Waals surface area contributed by atoms with Gasteiger partial charge >= 0.3 is 6.15 Å². The largest absolute Gasteiger partial charge is 0.373 e. The molecule has 0 bridgehead atoms. The molecule has 4 nitrogen and oxygen atoms in total. The van der Waals surface area contributed by atoms with Gasteiger partial charge in [0.15, 0.2) is 0 Å². The van der Waals surface area contributed by atoms with Gasteiger partial charge in [0.05, 0.1) is 5.69 Å². The van der Waals surface area contributed by atoms with Crippen LogP contribution in [0.1, 0.15) is 11.1 Å². The fraction of sp³-hybridized carbons (Fsp3) is 0.200. The molecule has 1 aromatic carbocycles. The van der Waals surface area contributed by atoms with Gasteiger partial charge in [-0.3, -0.25) is 0 Å². The maximum absolute atomic E-state index is 9.95. The second kappa shape index (κ2) is 6.49. The van der Waals surface area contributed by atoms with Gasteiger partial charge < -0.3 is 0 Å². The van der Waals surface area contributed by atoms with Gasteiger partial charge in [-0.1, -0.05) is 12.1 Å². The van der Waals surface area contributed by atoms with Crippen LogP contribution < -0.4 is 0 Å². The minimum absolute atomic E-state index is 0.250. The third kappa shape index (κ3) is 3.59. The van der Waals surface area contributed by atoms with Crippen molar-refractivity contribution in [2.45, 2.75) is 13.8 Å². The van der Waals surface area contributed by atoms with E-state index in [-0.39, 0.29) is 6.15 Å². The molecular formula is C10H9NO3. The average molecular weight is 191 g/mol. The minimum Gasteiger partial charge on any atom is -0.211 e. The van der Waals surface area contributed by atoms with Crippen molar-refractivity contribution >= 4 is 17.9 Å². The van der Waals surface area contributed by atoms with E-state index in [0.29, 0.717) is 5.69 Å². The van der Waals surface area contributed by atoms with Crippen molar-refractivity contribution in [2.24, 2.45) is 4.99 Å². The van der Waals surface area contributed by atoms with E-state index in [4.69, 9.17) is 9.59 Å². The molecular weight excluding hydrogens is 182 g/mol. The SMILES string of the molecule is Cc1cccc(N=C=O)c1C.O=C=O. The fourth-order valence-corrected chi connectivity index (χ4v) is 0.906. The predicted octanol–water partition coefficient (Wildman–Crippen LogP) is 1.69. The molecule has 0 fully saturated rings. The molecule has 0 unspecified atom stereocenters. The molecule has 0 aliphatic rings. The molecule has 72 valence electrons.